The first kappa shape index (κ1) is 14.8. The number of thiazole rings is 1. The molecule has 0 unspecified atom stereocenters. The lowest BCUT2D eigenvalue weighted by Crippen LogP contribution is -2.29. The molecule has 1 aromatic carbocycles. The summed E-state index contributed by atoms with van der Waals surface area (Å²) in [6.07, 6.45) is 4.29. The van der Waals surface area contributed by atoms with Crippen LogP contribution in [-0.2, 0) is 12.8 Å². The van der Waals surface area contributed by atoms with Gasteiger partial charge in [0.05, 0.1) is 16.7 Å². The molecule has 0 saturated heterocycles. The molecule has 4 rings (SSSR count). The van der Waals surface area contributed by atoms with Gasteiger partial charge in [-0.2, -0.15) is 0 Å². The molecule has 0 aliphatic heterocycles. The van der Waals surface area contributed by atoms with Crippen LogP contribution in [0.3, 0.4) is 0 Å². The molecule has 3 aromatic rings. The van der Waals surface area contributed by atoms with E-state index in [0.29, 0.717) is 21.7 Å². The Bertz CT molecular complexity index is 1040. The first-order valence-electron chi connectivity index (χ1n) is 7.66. The smallest absolute Gasteiger partial charge is 0.314 e. The summed E-state index contributed by atoms with van der Waals surface area (Å²) >= 11 is 1.52. The number of carbonyl (C=O) groups is 1. The first-order chi connectivity index (χ1) is 11.6. The molecule has 3 N–H and O–H groups in total. The van der Waals surface area contributed by atoms with Crippen molar-refractivity contribution in [3.63, 3.8) is 0 Å². The predicted octanol–water partition coefficient (Wildman–Crippen LogP) is 1.80. The standard InChI is InChI=1S/C16H14N4O3S/c21-13(20-16-19-10-3-1-2-4-12(10)24-16)8-5-6-9-11(7-8)18-15(23)14(22)17-9/h5-7H,1-4H2,(H,17,22)(H,18,23)(H,19,20,21). The fourth-order valence-corrected chi connectivity index (χ4v) is 3.88. The maximum absolute atomic E-state index is 12.4. The van der Waals surface area contributed by atoms with Gasteiger partial charge in [-0.25, -0.2) is 4.98 Å². The van der Waals surface area contributed by atoms with E-state index in [9.17, 15) is 14.4 Å². The number of aromatic nitrogens is 3. The lowest BCUT2D eigenvalue weighted by molar-refractivity contribution is 0.102. The Morgan fingerprint density at radius 3 is 2.62 bits per heavy atom. The summed E-state index contributed by atoms with van der Waals surface area (Å²) < 4.78 is 0. The Morgan fingerprint density at radius 2 is 1.83 bits per heavy atom. The van der Waals surface area contributed by atoms with Crippen LogP contribution >= 0.6 is 11.3 Å². The van der Waals surface area contributed by atoms with Crippen molar-refractivity contribution in [3.05, 3.63) is 55.0 Å². The number of carbonyl (C=O) groups excluding carboxylic acids is 1. The second kappa shape index (κ2) is 5.72. The summed E-state index contributed by atoms with van der Waals surface area (Å²) in [6.45, 7) is 0. The van der Waals surface area contributed by atoms with Crippen LogP contribution in [0.4, 0.5) is 5.13 Å². The Hall–Kier alpha value is -2.74. The number of rotatable bonds is 2. The zero-order valence-electron chi connectivity index (χ0n) is 12.6. The molecule has 0 atom stereocenters. The first-order valence-corrected chi connectivity index (χ1v) is 8.48. The summed E-state index contributed by atoms with van der Waals surface area (Å²) in [5.41, 5.74) is 0.896. The molecule has 1 aliphatic rings. The van der Waals surface area contributed by atoms with Gasteiger partial charge in [0, 0.05) is 10.4 Å². The third kappa shape index (κ3) is 2.65. The van der Waals surface area contributed by atoms with Crippen molar-refractivity contribution >= 4 is 33.4 Å². The van der Waals surface area contributed by atoms with E-state index in [1.165, 1.54) is 28.7 Å². The lowest BCUT2D eigenvalue weighted by Gasteiger charge is -2.06. The average Bonchev–Trinajstić information content (AvgIpc) is 2.97. The van der Waals surface area contributed by atoms with Crippen LogP contribution in [0, 0.1) is 0 Å². The SMILES string of the molecule is O=C(Nc1nc2c(s1)CCCC2)c1ccc2[nH]c(=O)c(=O)[nH]c2c1. The Morgan fingerprint density at radius 1 is 1.08 bits per heavy atom. The van der Waals surface area contributed by atoms with Crippen LogP contribution in [0.25, 0.3) is 11.0 Å². The van der Waals surface area contributed by atoms with Crippen LogP contribution < -0.4 is 16.4 Å². The molecule has 8 heteroatoms. The molecule has 0 saturated carbocycles. The quantitative estimate of drug-likeness (QED) is 0.617. The second-order valence-corrected chi connectivity index (χ2v) is 6.80. The molecule has 0 spiro atoms. The van der Waals surface area contributed by atoms with Gasteiger partial charge in [0.15, 0.2) is 5.13 Å². The van der Waals surface area contributed by atoms with E-state index in [2.05, 4.69) is 20.3 Å². The predicted molar refractivity (Wildman–Crippen MR) is 91.9 cm³/mol. The number of amides is 1. The summed E-state index contributed by atoms with van der Waals surface area (Å²) in [4.78, 5) is 45.8. The largest absolute Gasteiger partial charge is 0.316 e. The van der Waals surface area contributed by atoms with Gasteiger partial charge in [0.1, 0.15) is 0 Å². The van der Waals surface area contributed by atoms with Gasteiger partial charge in [-0.05, 0) is 43.9 Å². The Kier molecular flexibility index (Phi) is 3.53. The summed E-state index contributed by atoms with van der Waals surface area (Å²) in [5.74, 6) is -0.296. The van der Waals surface area contributed by atoms with Crippen molar-refractivity contribution in [1.29, 1.82) is 0 Å². The van der Waals surface area contributed by atoms with Crippen molar-refractivity contribution in [2.24, 2.45) is 0 Å². The highest BCUT2D eigenvalue weighted by atomic mass is 32.1. The molecule has 122 valence electrons. The molecule has 2 heterocycles. The number of H-pyrrole nitrogens is 2. The minimum absolute atomic E-state index is 0.296. The van der Waals surface area contributed by atoms with E-state index in [-0.39, 0.29) is 5.91 Å². The van der Waals surface area contributed by atoms with Crippen LogP contribution in [0.15, 0.2) is 27.8 Å². The Balaban J connectivity index is 1.63. The molecule has 0 radical (unpaired) electrons. The van der Waals surface area contributed by atoms with Crippen LogP contribution in [0.2, 0.25) is 0 Å². The molecule has 7 nitrogen and oxygen atoms in total. The summed E-state index contributed by atoms with van der Waals surface area (Å²) in [5, 5.41) is 3.41. The van der Waals surface area contributed by atoms with Gasteiger partial charge in [-0.1, -0.05) is 0 Å². The zero-order valence-corrected chi connectivity index (χ0v) is 13.5. The third-order valence-corrected chi connectivity index (χ3v) is 5.12. The lowest BCUT2D eigenvalue weighted by atomic mass is 10.0. The molecule has 0 fully saturated rings. The van der Waals surface area contributed by atoms with E-state index in [0.717, 1.165) is 25.0 Å². The topological polar surface area (TPSA) is 108 Å². The van der Waals surface area contributed by atoms with Gasteiger partial charge in [-0.15, -0.1) is 11.3 Å². The van der Waals surface area contributed by atoms with E-state index >= 15 is 0 Å². The van der Waals surface area contributed by atoms with E-state index in [1.807, 2.05) is 0 Å². The maximum atomic E-state index is 12.4. The molecular formula is C16H14N4O3S. The summed E-state index contributed by atoms with van der Waals surface area (Å²) in [6, 6.07) is 4.73. The number of aryl methyl sites for hydroxylation is 2. The van der Waals surface area contributed by atoms with Crippen LogP contribution in [0.5, 0.6) is 0 Å². The minimum atomic E-state index is -0.743. The molecule has 2 aromatic heterocycles. The number of benzene rings is 1. The fraction of sp³-hybridized carbons (Fsp3) is 0.250. The number of anilines is 1. The molecule has 0 bridgehead atoms. The van der Waals surface area contributed by atoms with Crippen molar-refractivity contribution < 1.29 is 4.79 Å². The van der Waals surface area contributed by atoms with Crippen LogP contribution in [0.1, 0.15) is 33.8 Å². The molecule has 1 amide bonds. The summed E-state index contributed by atoms with van der Waals surface area (Å²) in [7, 11) is 0. The monoisotopic (exact) mass is 342 g/mol. The fourth-order valence-electron chi connectivity index (χ4n) is 2.83. The Labute approximate surface area is 139 Å². The highest BCUT2D eigenvalue weighted by Gasteiger charge is 2.17. The van der Waals surface area contributed by atoms with Crippen molar-refractivity contribution in [2.45, 2.75) is 25.7 Å². The molecule has 1 aliphatic carbocycles. The normalized spacial score (nSPS) is 13.7. The minimum Gasteiger partial charge on any atom is -0.316 e. The van der Waals surface area contributed by atoms with Gasteiger partial charge in [0.2, 0.25) is 0 Å². The molecular weight excluding hydrogens is 328 g/mol. The van der Waals surface area contributed by atoms with Gasteiger partial charge >= 0.3 is 11.1 Å². The number of hydrogen-bond acceptors (Lipinski definition) is 5. The van der Waals surface area contributed by atoms with Crippen molar-refractivity contribution in [3.8, 4) is 0 Å². The van der Waals surface area contributed by atoms with Crippen molar-refractivity contribution in [1.82, 2.24) is 15.0 Å². The van der Waals surface area contributed by atoms with Gasteiger partial charge in [-0.3, -0.25) is 19.7 Å². The highest BCUT2D eigenvalue weighted by Crippen LogP contribution is 2.29. The number of nitrogens with zero attached hydrogens (tertiary/aromatic N) is 1. The van der Waals surface area contributed by atoms with Crippen LogP contribution in [-0.4, -0.2) is 20.9 Å². The number of hydrogen-bond donors (Lipinski definition) is 3. The van der Waals surface area contributed by atoms with Crippen molar-refractivity contribution in [2.75, 3.05) is 5.32 Å². The second-order valence-electron chi connectivity index (χ2n) is 5.72. The van der Waals surface area contributed by atoms with Gasteiger partial charge in [0.25, 0.3) is 5.91 Å². The number of fused-ring (bicyclic) bond motifs is 2. The number of nitrogens with one attached hydrogen (secondary N) is 3. The number of aromatic amines is 2. The van der Waals surface area contributed by atoms with E-state index in [1.54, 1.807) is 12.1 Å². The highest BCUT2D eigenvalue weighted by molar-refractivity contribution is 7.15. The zero-order chi connectivity index (χ0) is 16.7. The maximum Gasteiger partial charge on any atom is 0.314 e. The molecule has 24 heavy (non-hydrogen) atoms. The third-order valence-electron chi connectivity index (χ3n) is 4.05. The average molecular weight is 342 g/mol. The van der Waals surface area contributed by atoms with E-state index in [4.69, 9.17) is 0 Å². The van der Waals surface area contributed by atoms with Gasteiger partial charge < -0.3 is 9.97 Å². The van der Waals surface area contributed by atoms with E-state index < -0.39 is 11.1 Å².